The van der Waals surface area contributed by atoms with Crippen LogP contribution in [0.25, 0.3) is 0 Å². The Hall–Kier alpha value is -1.87. The lowest BCUT2D eigenvalue weighted by atomic mass is 10.0. The number of amides is 2. The van der Waals surface area contributed by atoms with Crippen molar-refractivity contribution in [3.05, 3.63) is 16.0 Å². The molecule has 5 nitrogen and oxygen atoms in total. The molecule has 0 spiro atoms. The quantitative estimate of drug-likeness (QED) is 0.894. The molecule has 0 fully saturated rings. The molecule has 0 aromatic carbocycles. The van der Waals surface area contributed by atoms with Crippen LogP contribution in [0.2, 0.25) is 0 Å². The molecule has 1 heterocycles. The Morgan fingerprint density at radius 3 is 2.35 bits per heavy atom. The van der Waals surface area contributed by atoms with E-state index in [0.29, 0.717) is 10.6 Å². The molecule has 0 aliphatic heterocycles. The van der Waals surface area contributed by atoms with Crippen LogP contribution < -0.4 is 10.6 Å². The van der Waals surface area contributed by atoms with Crippen molar-refractivity contribution in [2.24, 2.45) is 5.92 Å². The number of nitriles is 1. The van der Waals surface area contributed by atoms with Gasteiger partial charge in [-0.05, 0) is 25.3 Å². The largest absolute Gasteiger partial charge is 0.344 e. The summed E-state index contributed by atoms with van der Waals surface area (Å²) in [5, 5.41) is 15.1. The van der Waals surface area contributed by atoms with Crippen molar-refractivity contribution in [3.63, 3.8) is 0 Å². The molecule has 6 heteroatoms. The van der Waals surface area contributed by atoms with E-state index in [1.54, 1.807) is 0 Å². The van der Waals surface area contributed by atoms with Crippen LogP contribution >= 0.6 is 11.3 Å². The molecule has 0 saturated heterocycles. The van der Waals surface area contributed by atoms with Gasteiger partial charge in [0.2, 0.25) is 11.8 Å². The van der Waals surface area contributed by atoms with Gasteiger partial charge in [0, 0.05) is 11.8 Å². The molecule has 0 saturated carbocycles. The molecule has 0 bridgehead atoms. The van der Waals surface area contributed by atoms with E-state index < -0.39 is 6.04 Å². The number of nitrogens with zero attached hydrogens (tertiary/aromatic N) is 1. The van der Waals surface area contributed by atoms with Crippen LogP contribution in [0.3, 0.4) is 0 Å². The minimum atomic E-state index is -0.609. The minimum absolute atomic E-state index is 0.0356. The van der Waals surface area contributed by atoms with Gasteiger partial charge in [0.15, 0.2) is 0 Å². The first-order chi connectivity index (χ1) is 9.27. The lowest BCUT2D eigenvalue weighted by Crippen LogP contribution is -2.46. The van der Waals surface area contributed by atoms with Gasteiger partial charge in [-0.25, -0.2) is 0 Å². The Kier molecular flexibility index (Phi) is 5.28. The normalized spacial score (nSPS) is 11.8. The monoisotopic (exact) mass is 293 g/mol. The SMILES string of the molecule is CC(=O)NC(C(=O)Nc1sc(C)c(C)c1C#N)C(C)C. The molecular formula is C14H19N3O2S. The molecule has 108 valence electrons. The van der Waals surface area contributed by atoms with E-state index in [1.165, 1.54) is 18.3 Å². The lowest BCUT2D eigenvalue weighted by molar-refractivity contribution is -0.126. The summed E-state index contributed by atoms with van der Waals surface area (Å²) in [6.45, 7) is 8.85. The highest BCUT2D eigenvalue weighted by Gasteiger charge is 2.25. The van der Waals surface area contributed by atoms with E-state index in [2.05, 4.69) is 16.7 Å². The van der Waals surface area contributed by atoms with Crippen molar-refractivity contribution in [1.82, 2.24) is 5.32 Å². The van der Waals surface area contributed by atoms with E-state index in [4.69, 9.17) is 5.26 Å². The van der Waals surface area contributed by atoms with Gasteiger partial charge in [0.1, 0.15) is 17.1 Å². The third-order valence-corrected chi connectivity index (χ3v) is 4.16. The summed E-state index contributed by atoms with van der Waals surface area (Å²) in [4.78, 5) is 24.4. The van der Waals surface area contributed by atoms with Crippen molar-refractivity contribution in [2.75, 3.05) is 5.32 Å². The summed E-state index contributed by atoms with van der Waals surface area (Å²) in [6, 6.07) is 1.50. The predicted octanol–water partition coefficient (Wildman–Crippen LogP) is 2.34. The fraction of sp³-hybridized carbons (Fsp3) is 0.500. The van der Waals surface area contributed by atoms with Crippen molar-refractivity contribution >= 4 is 28.2 Å². The number of rotatable bonds is 4. The maximum absolute atomic E-state index is 12.2. The first-order valence-corrected chi connectivity index (χ1v) is 7.17. The van der Waals surface area contributed by atoms with Gasteiger partial charge in [-0.15, -0.1) is 11.3 Å². The first-order valence-electron chi connectivity index (χ1n) is 6.36. The molecular weight excluding hydrogens is 274 g/mol. The zero-order valence-electron chi connectivity index (χ0n) is 12.3. The second kappa shape index (κ2) is 6.53. The molecule has 0 aliphatic carbocycles. The van der Waals surface area contributed by atoms with Crippen LogP contribution in [0, 0.1) is 31.1 Å². The third-order valence-electron chi connectivity index (χ3n) is 3.04. The van der Waals surface area contributed by atoms with E-state index in [0.717, 1.165) is 10.4 Å². The van der Waals surface area contributed by atoms with Crippen molar-refractivity contribution < 1.29 is 9.59 Å². The number of hydrogen-bond donors (Lipinski definition) is 2. The predicted molar refractivity (Wildman–Crippen MR) is 79.6 cm³/mol. The number of anilines is 1. The second-order valence-electron chi connectivity index (χ2n) is 5.01. The van der Waals surface area contributed by atoms with E-state index in [9.17, 15) is 9.59 Å². The van der Waals surface area contributed by atoms with Crippen LogP contribution in [0.4, 0.5) is 5.00 Å². The maximum Gasteiger partial charge on any atom is 0.247 e. The van der Waals surface area contributed by atoms with Crippen LogP contribution in [0.5, 0.6) is 0 Å². The van der Waals surface area contributed by atoms with Gasteiger partial charge in [-0.2, -0.15) is 5.26 Å². The molecule has 0 radical (unpaired) electrons. The molecule has 1 rings (SSSR count). The van der Waals surface area contributed by atoms with E-state index >= 15 is 0 Å². The number of thiophene rings is 1. The lowest BCUT2D eigenvalue weighted by Gasteiger charge is -2.20. The average molecular weight is 293 g/mol. The molecule has 2 amide bonds. The maximum atomic E-state index is 12.2. The highest BCUT2D eigenvalue weighted by Crippen LogP contribution is 2.31. The summed E-state index contributed by atoms with van der Waals surface area (Å²) in [5.41, 5.74) is 1.37. The van der Waals surface area contributed by atoms with Crippen molar-refractivity contribution in [3.8, 4) is 6.07 Å². The van der Waals surface area contributed by atoms with Crippen molar-refractivity contribution in [1.29, 1.82) is 5.26 Å². The van der Waals surface area contributed by atoms with E-state index in [1.807, 2.05) is 27.7 Å². The van der Waals surface area contributed by atoms with Crippen LogP contribution in [-0.2, 0) is 9.59 Å². The summed E-state index contributed by atoms with van der Waals surface area (Å²) in [5.74, 6) is -0.586. The van der Waals surface area contributed by atoms with Gasteiger partial charge in [-0.3, -0.25) is 9.59 Å². The number of nitrogens with one attached hydrogen (secondary N) is 2. The molecule has 2 N–H and O–H groups in total. The van der Waals surface area contributed by atoms with Crippen LogP contribution in [0.15, 0.2) is 0 Å². The molecule has 1 aromatic rings. The number of carbonyl (C=O) groups excluding carboxylic acids is 2. The molecule has 20 heavy (non-hydrogen) atoms. The number of hydrogen-bond acceptors (Lipinski definition) is 4. The van der Waals surface area contributed by atoms with Crippen molar-refractivity contribution in [2.45, 2.75) is 40.7 Å². The molecule has 1 atom stereocenters. The average Bonchev–Trinajstić information content (AvgIpc) is 2.60. The van der Waals surface area contributed by atoms with E-state index in [-0.39, 0.29) is 17.7 Å². The fourth-order valence-electron chi connectivity index (χ4n) is 1.79. The van der Waals surface area contributed by atoms with Gasteiger partial charge in [-0.1, -0.05) is 13.8 Å². The molecule has 1 unspecified atom stereocenters. The minimum Gasteiger partial charge on any atom is -0.344 e. The molecule has 0 aliphatic rings. The van der Waals surface area contributed by atoms with Gasteiger partial charge in [0.05, 0.1) is 5.56 Å². The Labute approximate surface area is 123 Å². The Bertz CT molecular complexity index is 570. The summed E-state index contributed by atoms with van der Waals surface area (Å²) in [7, 11) is 0. The number of aryl methyl sites for hydroxylation is 1. The summed E-state index contributed by atoms with van der Waals surface area (Å²) >= 11 is 1.37. The third kappa shape index (κ3) is 3.58. The van der Waals surface area contributed by atoms with Gasteiger partial charge >= 0.3 is 0 Å². The second-order valence-corrected chi connectivity index (χ2v) is 6.24. The Morgan fingerprint density at radius 1 is 1.30 bits per heavy atom. The highest BCUT2D eigenvalue weighted by molar-refractivity contribution is 7.16. The zero-order valence-corrected chi connectivity index (χ0v) is 13.1. The smallest absolute Gasteiger partial charge is 0.247 e. The van der Waals surface area contributed by atoms with Gasteiger partial charge < -0.3 is 10.6 Å². The zero-order chi connectivity index (χ0) is 15.4. The Morgan fingerprint density at radius 2 is 1.90 bits per heavy atom. The summed E-state index contributed by atoms with van der Waals surface area (Å²) in [6.07, 6.45) is 0. The highest BCUT2D eigenvalue weighted by atomic mass is 32.1. The van der Waals surface area contributed by atoms with Gasteiger partial charge in [0.25, 0.3) is 0 Å². The fourth-order valence-corrected chi connectivity index (χ4v) is 2.81. The molecule has 1 aromatic heterocycles. The summed E-state index contributed by atoms with van der Waals surface area (Å²) < 4.78 is 0. The Balaban J connectivity index is 2.97. The van der Waals surface area contributed by atoms with Crippen LogP contribution in [-0.4, -0.2) is 17.9 Å². The topological polar surface area (TPSA) is 82.0 Å². The standard InChI is InChI=1S/C14H19N3O2S/c1-7(2)12(16-10(5)18)13(19)17-14-11(6-15)8(3)9(4)20-14/h7,12H,1-5H3,(H,16,18)(H,17,19). The van der Waals surface area contributed by atoms with Crippen LogP contribution in [0.1, 0.15) is 36.8 Å². The number of carbonyl (C=O) groups is 2. The first kappa shape index (κ1) is 16.2.